The predicted octanol–water partition coefficient (Wildman–Crippen LogP) is 6.06. The maximum atomic E-state index is 13.3. The molecule has 0 unspecified atom stereocenters. The number of amides is 1. The highest BCUT2D eigenvalue weighted by atomic mass is 35.5. The van der Waals surface area contributed by atoms with Crippen LogP contribution in [0.3, 0.4) is 0 Å². The molecule has 7 heteroatoms. The molecule has 4 aromatic rings. The zero-order valence-electron chi connectivity index (χ0n) is 19.3. The molecule has 174 valence electrons. The van der Waals surface area contributed by atoms with Crippen LogP contribution in [0, 0.1) is 20.8 Å². The van der Waals surface area contributed by atoms with Crippen LogP contribution < -0.4 is 20.2 Å². The lowest BCUT2D eigenvalue weighted by atomic mass is 9.98. The molecular weight excluding hydrogens is 454 g/mol. The predicted molar refractivity (Wildman–Crippen MR) is 134 cm³/mol. The van der Waals surface area contributed by atoms with Gasteiger partial charge in [0.15, 0.2) is 6.61 Å². The number of rotatable bonds is 6. The Morgan fingerprint density at radius 2 is 1.76 bits per heavy atom. The molecule has 4 rings (SSSR count). The van der Waals surface area contributed by atoms with Crippen LogP contribution in [0.15, 0.2) is 63.8 Å². The molecule has 0 saturated heterocycles. The monoisotopic (exact) mass is 477 g/mol. The molecule has 0 spiro atoms. The molecule has 3 aromatic carbocycles. The minimum atomic E-state index is -0.353. The third-order valence-electron chi connectivity index (χ3n) is 5.64. The molecule has 0 bridgehead atoms. The van der Waals surface area contributed by atoms with E-state index in [1.165, 1.54) is 7.11 Å². The maximum absolute atomic E-state index is 13.3. The zero-order valence-corrected chi connectivity index (χ0v) is 20.1. The molecule has 0 aliphatic carbocycles. The van der Waals surface area contributed by atoms with Crippen LogP contribution in [-0.4, -0.2) is 19.6 Å². The second-order valence-electron chi connectivity index (χ2n) is 7.93. The van der Waals surface area contributed by atoms with Crippen molar-refractivity contribution in [2.75, 3.05) is 19.0 Å². The lowest BCUT2D eigenvalue weighted by Gasteiger charge is -2.14. The van der Waals surface area contributed by atoms with E-state index in [0.29, 0.717) is 50.1 Å². The summed E-state index contributed by atoms with van der Waals surface area (Å²) >= 11 is 6.10. The van der Waals surface area contributed by atoms with E-state index in [1.807, 2.05) is 31.2 Å². The first-order chi connectivity index (χ1) is 16.3. The standard InChI is InChI=1S/C27H24ClNO5/c1-15-7-5-6-8-19(15)25-17(3)34-27-16(2)22(12-10-20(27)26(25)31)33-14-24(30)29-18-9-11-23(32-4)21(28)13-18/h5-13H,14H2,1-4H3,(H,29,30). The van der Waals surface area contributed by atoms with E-state index in [4.69, 9.17) is 25.5 Å². The number of hydrogen-bond acceptors (Lipinski definition) is 5. The van der Waals surface area contributed by atoms with Crippen molar-refractivity contribution in [1.82, 2.24) is 0 Å². The Balaban J connectivity index is 1.57. The van der Waals surface area contributed by atoms with E-state index >= 15 is 0 Å². The normalized spacial score (nSPS) is 10.9. The lowest BCUT2D eigenvalue weighted by Crippen LogP contribution is -2.20. The zero-order chi connectivity index (χ0) is 24.4. The van der Waals surface area contributed by atoms with Crippen molar-refractivity contribution in [3.63, 3.8) is 0 Å². The summed E-state index contributed by atoms with van der Waals surface area (Å²) in [6, 6.07) is 16.0. The molecule has 1 amide bonds. The number of fused-ring (bicyclic) bond motifs is 1. The minimum Gasteiger partial charge on any atom is -0.495 e. The summed E-state index contributed by atoms with van der Waals surface area (Å²) in [5.74, 6) is 1.15. The fraction of sp³-hybridized carbons (Fsp3) is 0.185. The molecule has 0 fully saturated rings. The summed E-state index contributed by atoms with van der Waals surface area (Å²) in [7, 11) is 1.52. The van der Waals surface area contributed by atoms with E-state index in [0.717, 1.165) is 11.1 Å². The fourth-order valence-electron chi connectivity index (χ4n) is 3.89. The van der Waals surface area contributed by atoms with Gasteiger partial charge in [-0.25, -0.2) is 0 Å². The Morgan fingerprint density at radius 3 is 2.47 bits per heavy atom. The molecule has 0 radical (unpaired) electrons. The van der Waals surface area contributed by atoms with Crippen LogP contribution in [-0.2, 0) is 4.79 Å². The summed E-state index contributed by atoms with van der Waals surface area (Å²) in [5.41, 5.74) is 3.92. The largest absolute Gasteiger partial charge is 0.495 e. The molecule has 0 aliphatic heterocycles. The van der Waals surface area contributed by atoms with Gasteiger partial charge in [-0.3, -0.25) is 9.59 Å². The number of methoxy groups -OCH3 is 1. The van der Waals surface area contributed by atoms with Crippen LogP contribution in [0.5, 0.6) is 11.5 Å². The Morgan fingerprint density at radius 1 is 1.03 bits per heavy atom. The van der Waals surface area contributed by atoms with E-state index < -0.39 is 0 Å². The third kappa shape index (κ3) is 4.50. The summed E-state index contributed by atoms with van der Waals surface area (Å²) in [5, 5.41) is 3.59. The van der Waals surface area contributed by atoms with Gasteiger partial charge in [0.1, 0.15) is 22.8 Å². The molecule has 0 saturated carbocycles. The topological polar surface area (TPSA) is 77.8 Å². The van der Waals surface area contributed by atoms with Gasteiger partial charge in [-0.1, -0.05) is 35.9 Å². The number of nitrogens with one attached hydrogen (secondary N) is 1. The van der Waals surface area contributed by atoms with Gasteiger partial charge in [-0.05, 0) is 62.2 Å². The first-order valence-corrected chi connectivity index (χ1v) is 11.1. The van der Waals surface area contributed by atoms with Gasteiger partial charge in [0.2, 0.25) is 5.43 Å². The molecule has 34 heavy (non-hydrogen) atoms. The summed E-state index contributed by atoms with van der Waals surface area (Å²) in [6.45, 7) is 5.32. The fourth-order valence-corrected chi connectivity index (χ4v) is 4.15. The Labute approximate surface area is 202 Å². The van der Waals surface area contributed by atoms with Gasteiger partial charge in [-0.15, -0.1) is 0 Å². The van der Waals surface area contributed by atoms with Crippen molar-refractivity contribution in [2.45, 2.75) is 20.8 Å². The number of aryl methyl sites for hydroxylation is 3. The van der Waals surface area contributed by atoms with Gasteiger partial charge in [0.05, 0.1) is 23.1 Å². The molecule has 6 nitrogen and oxygen atoms in total. The lowest BCUT2D eigenvalue weighted by molar-refractivity contribution is -0.118. The van der Waals surface area contributed by atoms with Crippen molar-refractivity contribution < 1.29 is 18.7 Å². The van der Waals surface area contributed by atoms with Crippen molar-refractivity contribution in [1.29, 1.82) is 0 Å². The highest BCUT2D eigenvalue weighted by Gasteiger charge is 2.18. The summed E-state index contributed by atoms with van der Waals surface area (Å²) < 4.78 is 16.9. The number of benzene rings is 3. The number of hydrogen-bond donors (Lipinski definition) is 1. The van der Waals surface area contributed by atoms with Crippen LogP contribution in [0.2, 0.25) is 5.02 Å². The number of anilines is 1. The second-order valence-corrected chi connectivity index (χ2v) is 8.34. The van der Waals surface area contributed by atoms with Crippen LogP contribution in [0.4, 0.5) is 5.69 Å². The van der Waals surface area contributed by atoms with Crippen molar-refractivity contribution in [3.05, 3.63) is 86.7 Å². The molecule has 0 atom stereocenters. The van der Waals surface area contributed by atoms with Crippen LogP contribution >= 0.6 is 11.6 Å². The SMILES string of the molecule is COc1ccc(NC(=O)COc2ccc3c(=O)c(-c4ccccc4C)c(C)oc3c2C)cc1Cl. The molecule has 1 aromatic heterocycles. The first-order valence-electron chi connectivity index (χ1n) is 10.7. The Hall–Kier alpha value is -3.77. The average molecular weight is 478 g/mol. The highest BCUT2D eigenvalue weighted by molar-refractivity contribution is 6.32. The number of ether oxygens (including phenoxy) is 2. The smallest absolute Gasteiger partial charge is 0.262 e. The summed E-state index contributed by atoms with van der Waals surface area (Å²) in [4.78, 5) is 25.7. The van der Waals surface area contributed by atoms with Gasteiger partial charge >= 0.3 is 0 Å². The Bertz CT molecular complexity index is 1460. The van der Waals surface area contributed by atoms with Crippen LogP contribution in [0.1, 0.15) is 16.9 Å². The van der Waals surface area contributed by atoms with Gasteiger partial charge in [0, 0.05) is 11.3 Å². The summed E-state index contributed by atoms with van der Waals surface area (Å²) in [6.07, 6.45) is 0. The van der Waals surface area contributed by atoms with Crippen LogP contribution in [0.25, 0.3) is 22.1 Å². The molecule has 1 heterocycles. The van der Waals surface area contributed by atoms with Crippen molar-refractivity contribution in [3.8, 4) is 22.6 Å². The van der Waals surface area contributed by atoms with Crippen molar-refractivity contribution in [2.24, 2.45) is 0 Å². The van der Waals surface area contributed by atoms with Crippen molar-refractivity contribution >= 4 is 34.2 Å². The molecule has 1 N–H and O–H groups in total. The molecule has 0 aliphatic rings. The maximum Gasteiger partial charge on any atom is 0.262 e. The van der Waals surface area contributed by atoms with E-state index in [-0.39, 0.29) is 17.9 Å². The number of halogens is 1. The third-order valence-corrected chi connectivity index (χ3v) is 5.94. The van der Waals surface area contributed by atoms with Gasteiger partial charge in [-0.2, -0.15) is 0 Å². The molecular formula is C27H24ClNO5. The van der Waals surface area contributed by atoms with E-state index in [1.54, 1.807) is 44.2 Å². The highest BCUT2D eigenvalue weighted by Crippen LogP contribution is 2.31. The second kappa shape index (κ2) is 9.61. The Kier molecular flexibility index (Phi) is 6.61. The number of carbonyl (C=O) groups excluding carboxylic acids is 1. The van der Waals surface area contributed by atoms with E-state index in [9.17, 15) is 9.59 Å². The average Bonchev–Trinajstić information content (AvgIpc) is 2.80. The van der Waals surface area contributed by atoms with E-state index in [2.05, 4.69) is 5.32 Å². The van der Waals surface area contributed by atoms with Gasteiger partial charge < -0.3 is 19.2 Å². The quantitative estimate of drug-likeness (QED) is 0.365. The number of carbonyl (C=O) groups is 1. The minimum absolute atomic E-state index is 0.100. The van der Waals surface area contributed by atoms with Gasteiger partial charge in [0.25, 0.3) is 5.91 Å². The first kappa shape index (κ1) is 23.4.